The van der Waals surface area contributed by atoms with Crippen LogP contribution in [0.2, 0.25) is 10.0 Å². The largest absolute Gasteiger partial charge is 0.471 e. The maximum absolute atomic E-state index is 6.07. The number of aromatic nitrogens is 2. The minimum atomic E-state index is 0.401. The third-order valence-electron chi connectivity index (χ3n) is 4.32. The fraction of sp³-hybridized carbons (Fsp3) is 0.316. The highest BCUT2D eigenvalue weighted by molar-refractivity contribution is 6.42. The zero-order valence-corrected chi connectivity index (χ0v) is 15.6. The normalized spacial score (nSPS) is 11.2. The Labute approximate surface area is 152 Å². The smallest absolute Gasteiger partial charge is 0.238 e. The molecule has 24 heavy (non-hydrogen) atoms. The average molecular weight is 363 g/mol. The van der Waals surface area contributed by atoms with Gasteiger partial charge < -0.3 is 9.30 Å². The van der Waals surface area contributed by atoms with Gasteiger partial charge in [0.25, 0.3) is 0 Å². The van der Waals surface area contributed by atoms with Gasteiger partial charge in [-0.3, -0.25) is 0 Å². The highest BCUT2D eigenvalue weighted by Crippen LogP contribution is 2.31. The van der Waals surface area contributed by atoms with Crippen LogP contribution in [-0.4, -0.2) is 9.55 Å². The minimum Gasteiger partial charge on any atom is -0.471 e. The lowest BCUT2D eigenvalue weighted by Gasteiger charge is -2.11. The molecule has 0 amide bonds. The van der Waals surface area contributed by atoms with E-state index in [1.807, 2.05) is 12.1 Å². The number of pyridine rings is 1. The summed E-state index contributed by atoms with van der Waals surface area (Å²) in [5, 5.41) is 2.27. The molecule has 0 unspecified atom stereocenters. The van der Waals surface area contributed by atoms with Crippen LogP contribution in [0.4, 0.5) is 0 Å². The highest BCUT2D eigenvalue weighted by Gasteiger charge is 2.15. The van der Waals surface area contributed by atoms with E-state index in [-0.39, 0.29) is 0 Å². The van der Waals surface area contributed by atoms with Gasteiger partial charge in [-0.25, -0.2) is 4.98 Å². The van der Waals surface area contributed by atoms with Gasteiger partial charge in [0.05, 0.1) is 10.0 Å². The molecule has 0 fully saturated rings. The molecule has 0 bridgehead atoms. The first-order valence-electron chi connectivity index (χ1n) is 8.04. The standard InChI is InChI=1S/C19H20Cl2N2O/c1-4-9-23-13(3)12(2)15-7-8-22-19(18(15)23)24-11-14-5-6-16(20)17(21)10-14/h5-8,10H,4,9,11H2,1-3H3. The molecule has 5 heteroatoms. The number of benzene rings is 1. The highest BCUT2D eigenvalue weighted by atomic mass is 35.5. The predicted octanol–water partition coefficient (Wildman–Crippen LogP) is 5.95. The summed E-state index contributed by atoms with van der Waals surface area (Å²) < 4.78 is 8.32. The molecule has 1 aromatic carbocycles. The van der Waals surface area contributed by atoms with Crippen molar-refractivity contribution in [2.75, 3.05) is 0 Å². The molecular weight excluding hydrogens is 343 g/mol. The van der Waals surface area contributed by atoms with Crippen LogP contribution in [0.1, 0.15) is 30.2 Å². The summed E-state index contributed by atoms with van der Waals surface area (Å²) >= 11 is 12.0. The van der Waals surface area contributed by atoms with Gasteiger partial charge in [-0.2, -0.15) is 0 Å². The van der Waals surface area contributed by atoms with Crippen LogP contribution >= 0.6 is 23.2 Å². The van der Waals surface area contributed by atoms with Gasteiger partial charge in [0.15, 0.2) is 0 Å². The number of nitrogens with zero attached hydrogens (tertiary/aromatic N) is 2. The van der Waals surface area contributed by atoms with Crippen LogP contribution in [0.15, 0.2) is 30.5 Å². The molecule has 0 saturated heterocycles. The van der Waals surface area contributed by atoms with Crippen LogP contribution < -0.4 is 4.74 Å². The second-order valence-electron chi connectivity index (χ2n) is 5.91. The maximum Gasteiger partial charge on any atom is 0.238 e. The molecule has 0 atom stereocenters. The van der Waals surface area contributed by atoms with Crippen molar-refractivity contribution in [1.82, 2.24) is 9.55 Å². The Hall–Kier alpha value is -1.71. The molecule has 0 saturated carbocycles. The first-order chi connectivity index (χ1) is 11.5. The van der Waals surface area contributed by atoms with Gasteiger partial charge in [0.2, 0.25) is 5.88 Å². The number of halogens is 2. The Morgan fingerprint density at radius 1 is 1.12 bits per heavy atom. The van der Waals surface area contributed by atoms with E-state index in [9.17, 15) is 0 Å². The van der Waals surface area contributed by atoms with Gasteiger partial charge in [-0.05, 0) is 49.6 Å². The Kier molecular flexibility index (Phi) is 5.02. The maximum atomic E-state index is 6.07. The molecule has 0 spiro atoms. The van der Waals surface area contributed by atoms with Crippen LogP contribution in [0, 0.1) is 13.8 Å². The van der Waals surface area contributed by atoms with Crippen molar-refractivity contribution in [3.05, 3.63) is 57.3 Å². The lowest BCUT2D eigenvalue weighted by Crippen LogP contribution is -2.03. The number of hydrogen-bond acceptors (Lipinski definition) is 2. The van der Waals surface area contributed by atoms with Crippen molar-refractivity contribution in [2.24, 2.45) is 0 Å². The Balaban J connectivity index is 1.97. The van der Waals surface area contributed by atoms with Crippen molar-refractivity contribution in [3.8, 4) is 5.88 Å². The Morgan fingerprint density at radius 3 is 2.62 bits per heavy atom. The van der Waals surface area contributed by atoms with Crippen LogP contribution in [0.3, 0.4) is 0 Å². The van der Waals surface area contributed by atoms with E-state index >= 15 is 0 Å². The molecular formula is C19H20Cl2N2O. The van der Waals surface area contributed by atoms with E-state index in [4.69, 9.17) is 27.9 Å². The third-order valence-corrected chi connectivity index (χ3v) is 5.06. The van der Waals surface area contributed by atoms with Crippen molar-refractivity contribution in [2.45, 2.75) is 40.3 Å². The molecule has 2 heterocycles. The third kappa shape index (κ3) is 3.11. The molecule has 3 rings (SSSR count). The van der Waals surface area contributed by atoms with Crippen molar-refractivity contribution < 1.29 is 4.74 Å². The second kappa shape index (κ2) is 7.04. The van der Waals surface area contributed by atoms with Gasteiger partial charge in [0.1, 0.15) is 12.1 Å². The lowest BCUT2D eigenvalue weighted by atomic mass is 10.2. The number of ether oxygens (including phenoxy) is 1. The fourth-order valence-electron chi connectivity index (χ4n) is 2.95. The monoisotopic (exact) mass is 362 g/mol. The van der Waals surface area contributed by atoms with Gasteiger partial charge >= 0.3 is 0 Å². The summed E-state index contributed by atoms with van der Waals surface area (Å²) in [4.78, 5) is 4.46. The van der Waals surface area contributed by atoms with E-state index in [1.165, 1.54) is 16.6 Å². The van der Waals surface area contributed by atoms with Crippen molar-refractivity contribution in [1.29, 1.82) is 0 Å². The molecule has 0 aliphatic carbocycles. The van der Waals surface area contributed by atoms with E-state index in [1.54, 1.807) is 12.3 Å². The van der Waals surface area contributed by atoms with E-state index in [0.717, 1.165) is 24.0 Å². The van der Waals surface area contributed by atoms with E-state index in [2.05, 4.69) is 36.4 Å². The lowest BCUT2D eigenvalue weighted by molar-refractivity contribution is 0.296. The molecule has 0 radical (unpaired) electrons. The molecule has 2 aromatic heterocycles. The fourth-order valence-corrected chi connectivity index (χ4v) is 3.27. The van der Waals surface area contributed by atoms with Gasteiger partial charge in [-0.1, -0.05) is 36.2 Å². The van der Waals surface area contributed by atoms with Crippen LogP contribution in [-0.2, 0) is 13.2 Å². The van der Waals surface area contributed by atoms with Crippen molar-refractivity contribution >= 4 is 34.1 Å². The van der Waals surface area contributed by atoms with E-state index in [0.29, 0.717) is 22.5 Å². The molecule has 0 N–H and O–H groups in total. The average Bonchev–Trinajstić information content (AvgIpc) is 2.82. The number of fused-ring (bicyclic) bond motifs is 1. The summed E-state index contributed by atoms with van der Waals surface area (Å²) in [5.41, 5.74) is 4.57. The molecule has 0 aliphatic rings. The first-order valence-corrected chi connectivity index (χ1v) is 8.79. The summed E-state index contributed by atoms with van der Waals surface area (Å²) in [6.45, 7) is 7.82. The van der Waals surface area contributed by atoms with Gasteiger partial charge in [-0.15, -0.1) is 0 Å². The van der Waals surface area contributed by atoms with Crippen molar-refractivity contribution in [3.63, 3.8) is 0 Å². The second-order valence-corrected chi connectivity index (χ2v) is 6.73. The van der Waals surface area contributed by atoms with E-state index < -0.39 is 0 Å². The number of hydrogen-bond donors (Lipinski definition) is 0. The molecule has 3 nitrogen and oxygen atoms in total. The number of rotatable bonds is 5. The first kappa shape index (κ1) is 17.1. The summed E-state index contributed by atoms with van der Waals surface area (Å²) in [6, 6.07) is 7.57. The minimum absolute atomic E-state index is 0.401. The van der Waals surface area contributed by atoms with Gasteiger partial charge in [0, 0.05) is 23.8 Å². The molecule has 3 aromatic rings. The molecule has 126 valence electrons. The summed E-state index contributed by atoms with van der Waals surface area (Å²) in [7, 11) is 0. The zero-order valence-electron chi connectivity index (χ0n) is 14.1. The van der Waals surface area contributed by atoms with Crippen LogP contribution in [0.25, 0.3) is 10.9 Å². The summed E-state index contributed by atoms with van der Waals surface area (Å²) in [6.07, 6.45) is 2.86. The quantitative estimate of drug-likeness (QED) is 0.560. The Bertz CT molecular complexity index is 887. The topological polar surface area (TPSA) is 27.1 Å². The molecule has 0 aliphatic heterocycles. The SMILES string of the molecule is CCCn1c(C)c(C)c2ccnc(OCc3ccc(Cl)c(Cl)c3)c21. The van der Waals surface area contributed by atoms with Crippen LogP contribution in [0.5, 0.6) is 5.88 Å². The summed E-state index contributed by atoms with van der Waals surface area (Å²) in [5.74, 6) is 0.656. The predicted molar refractivity (Wildman–Crippen MR) is 100 cm³/mol. The zero-order chi connectivity index (χ0) is 17.3. The number of aryl methyl sites for hydroxylation is 2. The Morgan fingerprint density at radius 2 is 1.92 bits per heavy atom.